The molecule has 1 aliphatic rings. The number of amides is 2. The number of hydrogen-bond acceptors (Lipinski definition) is 3. The third-order valence-electron chi connectivity index (χ3n) is 1.85. The molecule has 70 valence electrons. The van der Waals surface area contributed by atoms with E-state index >= 15 is 0 Å². The standard InChI is InChI=1S/C6H13N3O2S/c7-9-6(10)8-5-1-3-12(11)4-2-5/h5H,1-4,7H2,(H2,8,9,10). The molecule has 1 rings (SSSR count). The molecule has 12 heavy (non-hydrogen) atoms. The van der Waals surface area contributed by atoms with Crippen LogP contribution in [0, 0.1) is 0 Å². The minimum Gasteiger partial charge on any atom is -0.334 e. The minimum absolute atomic E-state index is 0.131. The van der Waals surface area contributed by atoms with Gasteiger partial charge in [-0.2, -0.15) is 0 Å². The van der Waals surface area contributed by atoms with Crippen molar-refractivity contribution in [3.63, 3.8) is 0 Å². The summed E-state index contributed by atoms with van der Waals surface area (Å²) in [5.74, 6) is 6.25. The van der Waals surface area contributed by atoms with Crippen LogP contribution < -0.4 is 16.6 Å². The number of carbonyl (C=O) groups excluding carboxylic acids is 1. The van der Waals surface area contributed by atoms with E-state index in [1.54, 1.807) is 0 Å². The van der Waals surface area contributed by atoms with E-state index in [4.69, 9.17) is 5.84 Å². The van der Waals surface area contributed by atoms with Crippen molar-refractivity contribution >= 4 is 16.8 Å². The molecule has 1 fully saturated rings. The van der Waals surface area contributed by atoms with Crippen molar-refractivity contribution < 1.29 is 9.00 Å². The van der Waals surface area contributed by atoms with Crippen LogP contribution in [-0.4, -0.2) is 27.8 Å². The summed E-state index contributed by atoms with van der Waals surface area (Å²) in [6, 6.07) is -0.237. The van der Waals surface area contributed by atoms with E-state index in [0.717, 1.165) is 12.8 Å². The molecule has 0 aromatic heterocycles. The van der Waals surface area contributed by atoms with Crippen molar-refractivity contribution in [1.82, 2.24) is 10.7 Å². The lowest BCUT2D eigenvalue weighted by Gasteiger charge is -2.21. The Morgan fingerprint density at radius 2 is 2.00 bits per heavy atom. The van der Waals surface area contributed by atoms with Gasteiger partial charge in [-0.25, -0.2) is 10.6 Å². The van der Waals surface area contributed by atoms with Gasteiger partial charge < -0.3 is 5.32 Å². The molecular formula is C6H13N3O2S. The average Bonchev–Trinajstić information content (AvgIpc) is 2.09. The zero-order valence-electron chi connectivity index (χ0n) is 6.71. The normalized spacial score (nSPS) is 29.4. The number of carbonyl (C=O) groups is 1. The Labute approximate surface area is 73.5 Å². The molecule has 2 amide bonds. The highest BCUT2D eigenvalue weighted by Gasteiger charge is 2.18. The van der Waals surface area contributed by atoms with E-state index in [9.17, 15) is 9.00 Å². The molecule has 0 radical (unpaired) electrons. The molecule has 0 aliphatic carbocycles. The molecule has 0 unspecified atom stereocenters. The van der Waals surface area contributed by atoms with Crippen LogP contribution >= 0.6 is 0 Å². The lowest BCUT2D eigenvalue weighted by atomic mass is 10.2. The van der Waals surface area contributed by atoms with E-state index < -0.39 is 10.8 Å². The molecule has 6 heteroatoms. The Bertz CT molecular complexity index is 187. The first-order chi connectivity index (χ1) is 5.72. The van der Waals surface area contributed by atoms with Gasteiger partial charge in [0.25, 0.3) is 0 Å². The summed E-state index contributed by atoms with van der Waals surface area (Å²) in [5.41, 5.74) is 2.00. The molecule has 1 aliphatic heterocycles. The molecule has 0 bridgehead atoms. The summed E-state index contributed by atoms with van der Waals surface area (Å²) in [7, 11) is -0.681. The van der Waals surface area contributed by atoms with E-state index in [-0.39, 0.29) is 12.1 Å². The Morgan fingerprint density at radius 3 is 2.50 bits per heavy atom. The summed E-state index contributed by atoms with van der Waals surface area (Å²) in [6.45, 7) is 0. The van der Waals surface area contributed by atoms with E-state index in [0.29, 0.717) is 11.5 Å². The van der Waals surface area contributed by atoms with Crippen molar-refractivity contribution in [1.29, 1.82) is 0 Å². The van der Waals surface area contributed by atoms with Crippen LogP contribution in [0.4, 0.5) is 4.79 Å². The summed E-state index contributed by atoms with van der Waals surface area (Å²) >= 11 is 0. The van der Waals surface area contributed by atoms with Gasteiger partial charge in [0.05, 0.1) is 0 Å². The van der Waals surface area contributed by atoms with Gasteiger partial charge >= 0.3 is 6.03 Å². The molecular weight excluding hydrogens is 178 g/mol. The average molecular weight is 191 g/mol. The second-order valence-electron chi connectivity index (χ2n) is 2.74. The zero-order chi connectivity index (χ0) is 8.97. The summed E-state index contributed by atoms with van der Waals surface area (Å²) in [5, 5.41) is 2.68. The van der Waals surface area contributed by atoms with Gasteiger partial charge in [0.1, 0.15) is 0 Å². The quantitative estimate of drug-likeness (QED) is 0.284. The van der Waals surface area contributed by atoms with Crippen LogP contribution in [0.25, 0.3) is 0 Å². The Hall–Kier alpha value is -0.620. The van der Waals surface area contributed by atoms with Gasteiger partial charge in [0.15, 0.2) is 0 Å². The number of rotatable bonds is 1. The number of urea groups is 1. The fourth-order valence-corrected chi connectivity index (χ4v) is 2.46. The van der Waals surface area contributed by atoms with Crippen molar-refractivity contribution in [2.24, 2.45) is 5.84 Å². The number of nitrogens with one attached hydrogen (secondary N) is 2. The molecule has 0 aromatic rings. The first-order valence-corrected chi connectivity index (χ1v) is 5.33. The number of nitrogens with two attached hydrogens (primary N) is 1. The van der Waals surface area contributed by atoms with Crippen molar-refractivity contribution in [2.75, 3.05) is 11.5 Å². The highest BCUT2D eigenvalue weighted by molar-refractivity contribution is 7.85. The summed E-state index contributed by atoms with van der Waals surface area (Å²) in [4.78, 5) is 10.7. The molecule has 1 saturated heterocycles. The van der Waals surface area contributed by atoms with Gasteiger partial charge in [-0.1, -0.05) is 0 Å². The van der Waals surface area contributed by atoms with Crippen molar-refractivity contribution in [2.45, 2.75) is 18.9 Å². The summed E-state index contributed by atoms with van der Waals surface area (Å²) in [6.07, 6.45) is 1.56. The number of hydrazine groups is 1. The zero-order valence-corrected chi connectivity index (χ0v) is 7.52. The lowest BCUT2D eigenvalue weighted by molar-refractivity contribution is 0.236. The fraction of sp³-hybridized carbons (Fsp3) is 0.833. The SMILES string of the molecule is NNC(=O)NC1CCS(=O)CC1. The third-order valence-corrected chi connectivity index (χ3v) is 3.24. The molecule has 0 aromatic carbocycles. The first kappa shape index (κ1) is 9.47. The largest absolute Gasteiger partial charge is 0.334 e. The Morgan fingerprint density at radius 1 is 1.42 bits per heavy atom. The van der Waals surface area contributed by atoms with Gasteiger partial charge in [0.2, 0.25) is 0 Å². The van der Waals surface area contributed by atoms with Crippen LogP contribution in [0.1, 0.15) is 12.8 Å². The summed E-state index contributed by atoms with van der Waals surface area (Å²) < 4.78 is 10.9. The van der Waals surface area contributed by atoms with Gasteiger partial charge in [-0.05, 0) is 12.8 Å². The van der Waals surface area contributed by atoms with E-state index in [1.807, 2.05) is 5.43 Å². The molecule has 5 nitrogen and oxygen atoms in total. The van der Waals surface area contributed by atoms with Gasteiger partial charge in [-0.15, -0.1) is 0 Å². The molecule has 4 N–H and O–H groups in total. The van der Waals surface area contributed by atoms with Crippen LogP contribution in [-0.2, 0) is 10.8 Å². The van der Waals surface area contributed by atoms with Crippen LogP contribution in [0.15, 0.2) is 0 Å². The Kier molecular flexibility index (Phi) is 3.48. The molecule has 0 atom stereocenters. The maximum absolute atomic E-state index is 10.9. The van der Waals surface area contributed by atoms with Crippen molar-refractivity contribution in [3.05, 3.63) is 0 Å². The topological polar surface area (TPSA) is 84.2 Å². The van der Waals surface area contributed by atoms with Crippen molar-refractivity contribution in [3.8, 4) is 0 Å². The fourth-order valence-electron chi connectivity index (χ4n) is 1.17. The first-order valence-electron chi connectivity index (χ1n) is 3.84. The molecule has 0 spiro atoms. The lowest BCUT2D eigenvalue weighted by Crippen LogP contribution is -2.47. The highest BCUT2D eigenvalue weighted by Crippen LogP contribution is 2.08. The van der Waals surface area contributed by atoms with Gasteiger partial charge in [0, 0.05) is 28.3 Å². The van der Waals surface area contributed by atoms with Gasteiger partial charge in [-0.3, -0.25) is 9.63 Å². The smallest absolute Gasteiger partial charge is 0.329 e. The third kappa shape index (κ3) is 2.78. The highest BCUT2D eigenvalue weighted by atomic mass is 32.2. The van der Waals surface area contributed by atoms with Crippen LogP contribution in [0.2, 0.25) is 0 Å². The molecule has 0 saturated carbocycles. The maximum Gasteiger partial charge on any atom is 0.329 e. The molecule has 1 heterocycles. The second kappa shape index (κ2) is 4.42. The minimum atomic E-state index is -0.681. The predicted molar refractivity (Wildman–Crippen MR) is 46.8 cm³/mol. The number of hydrogen-bond donors (Lipinski definition) is 3. The maximum atomic E-state index is 10.9. The predicted octanol–water partition coefficient (Wildman–Crippen LogP) is -0.930. The second-order valence-corrected chi connectivity index (χ2v) is 4.44. The Balaban J connectivity index is 2.26. The van der Waals surface area contributed by atoms with E-state index in [1.165, 1.54) is 0 Å². The van der Waals surface area contributed by atoms with Crippen LogP contribution in [0.5, 0.6) is 0 Å². The van der Waals surface area contributed by atoms with E-state index in [2.05, 4.69) is 5.32 Å². The van der Waals surface area contributed by atoms with Crippen LogP contribution in [0.3, 0.4) is 0 Å². The monoisotopic (exact) mass is 191 g/mol.